The van der Waals surface area contributed by atoms with Crippen LogP contribution in [0, 0.1) is 6.92 Å². The number of nitrogens with one attached hydrogen (secondary N) is 1. The van der Waals surface area contributed by atoms with Crippen LogP contribution in [-0.4, -0.2) is 24.5 Å². The predicted molar refractivity (Wildman–Crippen MR) is 73.8 cm³/mol. The van der Waals surface area contributed by atoms with E-state index in [4.69, 9.17) is 10.5 Å². The molecule has 0 fully saturated rings. The first-order chi connectivity index (χ1) is 8.95. The number of hydrogen-bond acceptors (Lipinski definition) is 4. The summed E-state index contributed by atoms with van der Waals surface area (Å²) in [4.78, 5) is 23.6. The minimum absolute atomic E-state index is 0.295. The standard InChI is InChI=1S/C14H20N2O3/c1-4-7-16-13(17)10(3)19-14(18)12-8-11(15)6-5-9(12)2/h5-6,8,10H,4,7,15H2,1-3H3,(H,16,17). The highest BCUT2D eigenvalue weighted by molar-refractivity contribution is 5.94. The van der Waals surface area contributed by atoms with Gasteiger partial charge in [-0.15, -0.1) is 0 Å². The molecule has 0 aliphatic heterocycles. The Hall–Kier alpha value is -2.04. The minimum Gasteiger partial charge on any atom is -0.449 e. The van der Waals surface area contributed by atoms with Gasteiger partial charge in [0.15, 0.2) is 6.10 Å². The van der Waals surface area contributed by atoms with Gasteiger partial charge in [-0.25, -0.2) is 4.79 Å². The van der Waals surface area contributed by atoms with E-state index < -0.39 is 12.1 Å². The van der Waals surface area contributed by atoms with Gasteiger partial charge in [0, 0.05) is 12.2 Å². The van der Waals surface area contributed by atoms with Crippen molar-refractivity contribution in [1.82, 2.24) is 5.32 Å². The predicted octanol–water partition coefficient (Wildman–Crippen LogP) is 1.65. The van der Waals surface area contributed by atoms with E-state index >= 15 is 0 Å². The van der Waals surface area contributed by atoms with Crippen molar-refractivity contribution in [3.63, 3.8) is 0 Å². The molecular weight excluding hydrogens is 244 g/mol. The van der Waals surface area contributed by atoms with E-state index in [9.17, 15) is 9.59 Å². The zero-order valence-corrected chi connectivity index (χ0v) is 11.5. The molecular formula is C14H20N2O3. The molecule has 1 aromatic rings. The third-order valence-corrected chi connectivity index (χ3v) is 2.68. The maximum atomic E-state index is 11.9. The molecule has 0 aliphatic carbocycles. The third-order valence-electron chi connectivity index (χ3n) is 2.68. The second kappa shape index (κ2) is 6.78. The smallest absolute Gasteiger partial charge is 0.339 e. The lowest BCUT2D eigenvalue weighted by Crippen LogP contribution is -2.36. The highest BCUT2D eigenvalue weighted by atomic mass is 16.5. The van der Waals surface area contributed by atoms with Crippen molar-refractivity contribution in [3.8, 4) is 0 Å². The molecule has 0 bridgehead atoms. The summed E-state index contributed by atoms with van der Waals surface area (Å²) in [5, 5.41) is 2.67. The Morgan fingerprint density at radius 2 is 2.11 bits per heavy atom. The first kappa shape index (κ1) is 15.0. The fraction of sp³-hybridized carbons (Fsp3) is 0.429. The average Bonchev–Trinajstić information content (AvgIpc) is 2.38. The number of carbonyl (C=O) groups is 2. The summed E-state index contributed by atoms with van der Waals surface area (Å²) in [5.74, 6) is -0.833. The van der Waals surface area contributed by atoms with Gasteiger partial charge in [-0.3, -0.25) is 4.79 Å². The first-order valence-electron chi connectivity index (χ1n) is 6.30. The summed E-state index contributed by atoms with van der Waals surface area (Å²) < 4.78 is 5.12. The molecule has 19 heavy (non-hydrogen) atoms. The molecule has 1 unspecified atom stereocenters. The van der Waals surface area contributed by atoms with Crippen molar-refractivity contribution in [3.05, 3.63) is 29.3 Å². The zero-order valence-electron chi connectivity index (χ0n) is 11.5. The summed E-state index contributed by atoms with van der Waals surface area (Å²) in [6, 6.07) is 5.01. The maximum absolute atomic E-state index is 11.9. The van der Waals surface area contributed by atoms with E-state index in [2.05, 4.69) is 5.32 Å². The van der Waals surface area contributed by atoms with Crippen LogP contribution < -0.4 is 11.1 Å². The Bertz CT molecular complexity index is 472. The topological polar surface area (TPSA) is 81.4 Å². The van der Waals surface area contributed by atoms with E-state index in [0.717, 1.165) is 12.0 Å². The number of nitrogen functional groups attached to an aromatic ring is 1. The van der Waals surface area contributed by atoms with Crippen molar-refractivity contribution in [2.24, 2.45) is 0 Å². The highest BCUT2D eigenvalue weighted by Crippen LogP contribution is 2.14. The summed E-state index contributed by atoms with van der Waals surface area (Å²) in [6.07, 6.45) is 0.0145. The number of benzene rings is 1. The molecule has 0 heterocycles. The van der Waals surface area contributed by atoms with Gasteiger partial charge >= 0.3 is 5.97 Å². The van der Waals surface area contributed by atoms with Gasteiger partial charge in [-0.1, -0.05) is 13.0 Å². The van der Waals surface area contributed by atoms with Crippen molar-refractivity contribution >= 4 is 17.6 Å². The number of esters is 1. The molecule has 0 aliphatic rings. The molecule has 1 atom stereocenters. The molecule has 3 N–H and O–H groups in total. The number of carbonyl (C=O) groups excluding carboxylic acids is 2. The van der Waals surface area contributed by atoms with E-state index in [1.54, 1.807) is 32.0 Å². The lowest BCUT2D eigenvalue weighted by Gasteiger charge is -2.14. The summed E-state index contributed by atoms with van der Waals surface area (Å²) in [5.41, 5.74) is 7.27. The Morgan fingerprint density at radius 1 is 1.42 bits per heavy atom. The van der Waals surface area contributed by atoms with Crippen molar-refractivity contribution < 1.29 is 14.3 Å². The van der Waals surface area contributed by atoms with Crippen LogP contribution in [0.5, 0.6) is 0 Å². The van der Waals surface area contributed by atoms with Gasteiger partial charge < -0.3 is 15.8 Å². The third kappa shape index (κ3) is 4.28. The quantitative estimate of drug-likeness (QED) is 0.626. The number of nitrogens with two attached hydrogens (primary N) is 1. The highest BCUT2D eigenvalue weighted by Gasteiger charge is 2.19. The van der Waals surface area contributed by atoms with Crippen LogP contribution in [0.1, 0.15) is 36.2 Å². The molecule has 104 valence electrons. The molecule has 5 heteroatoms. The van der Waals surface area contributed by atoms with E-state index in [0.29, 0.717) is 17.8 Å². The lowest BCUT2D eigenvalue weighted by molar-refractivity contribution is -0.129. The van der Waals surface area contributed by atoms with Crippen LogP contribution in [0.3, 0.4) is 0 Å². The molecule has 1 amide bonds. The number of anilines is 1. The van der Waals surface area contributed by atoms with Gasteiger partial charge in [-0.2, -0.15) is 0 Å². The Morgan fingerprint density at radius 3 is 2.74 bits per heavy atom. The average molecular weight is 264 g/mol. The SMILES string of the molecule is CCCNC(=O)C(C)OC(=O)c1cc(N)ccc1C. The molecule has 1 rings (SSSR count). The minimum atomic E-state index is -0.820. The molecule has 0 spiro atoms. The first-order valence-corrected chi connectivity index (χ1v) is 6.30. The number of ether oxygens (including phenoxy) is 1. The molecule has 0 saturated heterocycles. The van der Waals surface area contributed by atoms with Crippen LogP contribution in [0.15, 0.2) is 18.2 Å². The second-order valence-electron chi connectivity index (χ2n) is 4.41. The normalized spacial score (nSPS) is 11.7. The largest absolute Gasteiger partial charge is 0.449 e. The van der Waals surface area contributed by atoms with Gasteiger partial charge in [-0.05, 0) is 38.0 Å². The number of rotatable bonds is 5. The summed E-state index contributed by atoms with van der Waals surface area (Å²) in [7, 11) is 0. The van der Waals surface area contributed by atoms with Crippen LogP contribution in [-0.2, 0) is 9.53 Å². The maximum Gasteiger partial charge on any atom is 0.339 e. The van der Waals surface area contributed by atoms with Crippen molar-refractivity contribution in [1.29, 1.82) is 0 Å². The van der Waals surface area contributed by atoms with Crippen LogP contribution in [0.2, 0.25) is 0 Å². The second-order valence-corrected chi connectivity index (χ2v) is 4.41. The summed E-state index contributed by atoms with van der Waals surface area (Å²) >= 11 is 0. The fourth-order valence-electron chi connectivity index (χ4n) is 1.53. The van der Waals surface area contributed by atoms with Gasteiger partial charge in [0.1, 0.15) is 0 Å². The Labute approximate surface area is 113 Å². The molecule has 5 nitrogen and oxygen atoms in total. The van der Waals surface area contributed by atoms with Gasteiger partial charge in [0.25, 0.3) is 5.91 Å². The molecule has 0 radical (unpaired) electrons. The van der Waals surface area contributed by atoms with Crippen LogP contribution in [0.4, 0.5) is 5.69 Å². The van der Waals surface area contributed by atoms with Crippen molar-refractivity contribution in [2.45, 2.75) is 33.3 Å². The lowest BCUT2D eigenvalue weighted by atomic mass is 10.1. The summed E-state index contributed by atoms with van der Waals surface area (Å²) in [6.45, 7) is 5.85. The van der Waals surface area contributed by atoms with E-state index in [1.807, 2.05) is 6.92 Å². The van der Waals surface area contributed by atoms with Gasteiger partial charge in [0.2, 0.25) is 0 Å². The monoisotopic (exact) mass is 264 g/mol. The molecule has 0 saturated carbocycles. The number of aryl methyl sites for hydroxylation is 1. The van der Waals surface area contributed by atoms with Crippen LogP contribution >= 0.6 is 0 Å². The van der Waals surface area contributed by atoms with E-state index in [-0.39, 0.29) is 5.91 Å². The Balaban J connectivity index is 2.68. The number of amides is 1. The number of hydrogen-bond donors (Lipinski definition) is 2. The van der Waals surface area contributed by atoms with Crippen molar-refractivity contribution in [2.75, 3.05) is 12.3 Å². The Kier molecular flexibility index (Phi) is 5.36. The van der Waals surface area contributed by atoms with E-state index in [1.165, 1.54) is 0 Å². The van der Waals surface area contributed by atoms with Crippen LogP contribution in [0.25, 0.3) is 0 Å². The fourth-order valence-corrected chi connectivity index (χ4v) is 1.53. The van der Waals surface area contributed by atoms with Gasteiger partial charge in [0.05, 0.1) is 5.56 Å². The molecule has 1 aromatic carbocycles. The molecule has 0 aromatic heterocycles. The zero-order chi connectivity index (χ0) is 14.4.